The molecule has 0 fully saturated rings. The molecular formula is C11H17NO2S. The van der Waals surface area contributed by atoms with E-state index >= 15 is 0 Å². The highest BCUT2D eigenvalue weighted by molar-refractivity contribution is 7.14. The molecule has 0 aliphatic heterocycles. The van der Waals surface area contributed by atoms with Gasteiger partial charge in [0.05, 0.1) is 0 Å². The molecule has 2 N–H and O–H groups in total. The van der Waals surface area contributed by atoms with Crippen LogP contribution in [0.3, 0.4) is 0 Å². The second kappa shape index (κ2) is 4.33. The van der Waals surface area contributed by atoms with Crippen LogP contribution in [-0.4, -0.2) is 11.6 Å². The van der Waals surface area contributed by atoms with Crippen LogP contribution in [0.15, 0.2) is 12.1 Å². The summed E-state index contributed by atoms with van der Waals surface area (Å²) in [4.78, 5) is 13.2. The third-order valence-electron chi connectivity index (χ3n) is 1.68. The Morgan fingerprint density at radius 2 is 2.07 bits per heavy atom. The molecule has 1 rings (SSSR count). The lowest BCUT2D eigenvalue weighted by molar-refractivity contribution is 0.00752. The molecule has 84 valence electrons. The molecule has 0 saturated heterocycles. The summed E-state index contributed by atoms with van der Waals surface area (Å²) in [6, 6.07) is 3.60. The minimum Gasteiger partial charge on any atom is -0.456 e. The third kappa shape index (κ3) is 3.64. The van der Waals surface area contributed by atoms with Crippen LogP contribution < -0.4 is 5.73 Å². The molecule has 0 saturated carbocycles. The predicted octanol–water partition coefficient (Wildman–Crippen LogP) is 2.72. The first kappa shape index (κ1) is 12.2. The van der Waals surface area contributed by atoms with E-state index in [0.717, 1.165) is 4.88 Å². The van der Waals surface area contributed by atoms with Crippen LogP contribution in [0.2, 0.25) is 0 Å². The van der Waals surface area contributed by atoms with Crippen LogP contribution in [0.25, 0.3) is 0 Å². The predicted molar refractivity (Wildman–Crippen MR) is 62.1 cm³/mol. The van der Waals surface area contributed by atoms with Gasteiger partial charge in [0.15, 0.2) is 0 Å². The largest absolute Gasteiger partial charge is 0.456 e. The second-order valence-corrected chi connectivity index (χ2v) is 5.61. The highest BCUT2D eigenvalue weighted by atomic mass is 32.1. The van der Waals surface area contributed by atoms with Gasteiger partial charge in [0.25, 0.3) is 0 Å². The molecule has 1 heterocycles. The van der Waals surface area contributed by atoms with Crippen LogP contribution in [0.1, 0.15) is 48.3 Å². The molecule has 1 atom stereocenters. The van der Waals surface area contributed by atoms with E-state index in [0.29, 0.717) is 4.88 Å². The van der Waals surface area contributed by atoms with E-state index in [9.17, 15) is 4.79 Å². The molecule has 1 aromatic heterocycles. The average Bonchev–Trinajstić information content (AvgIpc) is 2.47. The number of carbonyl (C=O) groups is 1. The van der Waals surface area contributed by atoms with Gasteiger partial charge in [0.1, 0.15) is 10.5 Å². The lowest BCUT2D eigenvalue weighted by Gasteiger charge is -2.18. The van der Waals surface area contributed by atoms with E-state index < -0.39 is 5.60 Å². The van der Waals surface area contributed by atoms with Crippen molar-refractivity contribution in [1.82, 2.24) is 0 Å². The standard InChI is InChI=1S/C11H17NO2S/c1-7(12)8-5-6-9(15-8)10(13)14-11(2,3)4/h5-7H,12H2,1-4H3. The fourth-order valence-corrected chi connectivity index (χ4v) is 1.87. The Labute approximate surface area is 94.2 Å². The molecule has 0 spiro atoms. The first-order valence-corrected chi connectivity index (χ1v) is 5.70. The van der Waals surface area contributed by atoms with Crippen molar-refractivity contribution >= 4 is 17.3 Å². The molecule has 0 bridgehead atoms. The van der Waals surface area contributed by atoms with Gasteiger partial charge in [-0.15, -0.1) is 11.3 Å². The van der Waals surface area contributed by atoms with E-state index in [1.54, 1.807) is 6.07 Å². The maximum absolute atomic E-state index is 11.6. The van der Waals surface area contributed by atoms with Crippen LogP contribution in [-0.2, 0) is 4.74 Å². The van der Waals surface area contributed by atoms with Crippen molar-refractivity contribution in [2.24, 2.45) is 5.73 Å². The summed E-state index contributed by atoms with van der Waals surface area (Å²) in [7, 11) is 0. The van der Waals surface area contributed by atoms with Crippen molar-refractivity contribution in [2.45, 2.75) is 39.3 Å². The smallest absolute Gasteiger partial charge is 0.348 e. The Morgan fingerprint density at radius 1 is 1.47 bits per heavy atom. The van der Waals surface area contributed by atoms with E-state index in [2.05, 4.69) is 0 Å². The number of carbonyl (C=O) groups excluding carboxylic acids is 1. The van der Waals surface area contributed by atoms with Gasteiger partial charge in [-0.3, -0.25) is 0 Å². The maximum atomic E-state index is 11.6. The van der Waals surface area contributed by atoms with Gasteiger partial charge in [-0.25, -0.2) is 4.79 Å². The lowest BCUT2D eigenvalue weighted by Crippen LogP contribution is -2.23. The minimum atomic E-state index is -0.449. The Balaban J connectivity index is 2.75. The number of thiophene rings is 1. The van der Waals surface area contributed by atoms with Crippen molar-refractivity contribution in [3.8, 4) is 0 Å². The molecule has 0 aromatic carbocycles. The second-order valence-electron chi connectivity index (χ2n) is 4.49. The topological polar surface area (TPSA) is 52.3 Å². The fraction of sp³-hybridized carbons (Fsp3) is 0.545. The molecular weight excluding hydrogens is 210 g/mol. The molecule has 15 heavy (non-hydrogen) atoms. The van der Waals surface area contributed by atoms with Crippen LogP contribution in [0, 0.1) is 0 Å². The number of hydrogen-bond acceptors (Lipinski definition) is 4. The first-order valence-electron chi connectivity index (χ1n) is 4.88. The zero-order chi connectivity index (χ0) is 11.6. The van der Waals surface area contributed by atoms with Gasteiger partial charge < -0.3 is 10.5 Å². The highest BCUT2D eigenvalue weighted by Crippen LogP contribution is 2.23. The fourth-order valence-electron chi connectivity index (χ4n) is 1.04. The zero-order valence-electron chi connectivity index (χ0n) is 9.53. The van der Waals surface area contributed by atoms with E-state index in [-0.39, 0.29) is 12.0 Å². The number of hydrogen-bond donors (Lipinski definition) is 1. The molecule has 0 aliphatic carbocycles. The zero-order valence-corrected chi connectivity index (χ0v) is 10.4. The molecule has 0 aliphatic rings. The van der Waals surface area contributed by atoms with Crippen molar-refractivity contribution in [3.05, 3.63) is 21.9 Å². The van der Waals surface area contributed by atoms with E-state index in [4.69, 9.17) is 10.5 Å². The van der Waals surface area contributed by atoms with Gasteiger partial charge in [-0.1, -0.05) is 0 Å². The Kier molecular flexibility index (Phi) is 3.52. The van der Waals surface area contributed by atoms with E-state index in [1.807, 2.05) is 33.8 Å². The molecule has 4 heteroatoms. The number of esters is 1. The first-order chi connectivity index (χ1) is 6.79. The Hall–Kier alpha value is -0.870. The van der Waals surface area contributed by atoms with Crippen molar-refractivity contribution in [2.75, 3.05) is 0 Å². The number of ether oxygens (including phenoxy) is 1. The van der Waals surface area contributed by atoms with E-state index in [1.165, 1.54) is 11.3 Å². The summed E-state index contributed by atoms with van der Waals surface area (Å²) >= 11 is 1.39. The van der Waals surface area contributed by atoms with Crippen molar-refractivity contribution in [1.29, 1.82) is 0 Å². The quantitative estimate of drug-likeness (QED) is 0.790. The summed E-state index contributed by atoms with van der Waals surface area (Å²) in [5.74, 6) is -0.278. The molecule has 0 amide bonds. The third-order valence-corrected chi connectivity index (χ3v) is 2.94. The monoisotopic (exact) mass is 227 g/mol. The van der Waals surface area contributed by atoms with Gasteiger partial charge >= 0.3 is 5.97 Å². The molecule has 1 unspecified atom stereocenters. The van der Waals surface area contributed by atoms with Crippen LogP contribution >= 0.6 is 11.3 Å². The van der Waals surface area contributed by atoms with Gasteiger partial charge in [-0.05, 0) is 39.8 Å². The molecule has 1 aromatic rings. The minimum absolute atomic E-state index is 0.0359. The lowest BCUT2D eigenvalue weighted by atomic mass is 10.2. The van der Waals surface area contributed by atoms with Gasteiger partial charge in [-0.2, -0.15) is 0 Å². The van der Waals surface area contributed by atoms with Crippen LogP contribution in [0.5, 0.6) is 0 Å². The summed E-state index contributed by atoms with van der Waals surface area (Å²) in [6.07, 6.45) is 0. The molecule has 3 nitrogen and oxygen atoms in total. The van der Waals surface area contributed by atoms with Gasteiger partial charge in [0.2, 0.25) is 0 Å². The molecule has 0 radical (unpaired) electrons. The van der Waals surface area contributed by atoms with Crippen molar-refractivity contribution in [3.63, 3.8) is 0 Å². The SMILES string of the molecule is CC(N)c1ccc(C(=O)OC(C)(C)C)s1. The van der Waals surface area contributed by atoms with Crippen LogP contribution in [0.4, 0.5) is 0 Å². The summed E-state index contributed by atoms with van der Waals surface area (Å²) in [5, 5.41) is 0. The maximum Gasteiger partial charge on any atom is 0.348 e. The normalized spacial score (nSPS) is 13.7. The summed E-state index contributed by atoms with van der Waals surface area (Å²) in [5.41, 5.74) is 5.26. The highest BCUT2D eigenvalue weighted by Gasteiger charge is 2.19. The number of rotatable bonds is 2. The average molecular weight is 227 g/mol. The van der Waals surface area contributed by atoms with Crippen molar-refractivity contribution < 1.29 is 9.53 Å². The summed E-state index contributed by atoms with van der Waals surface area (Å²) < 4.78 is 5.25. The Bertz CT molecular complexity index is 350. The van der Waals surface area contributed by atoms with Gasteiger partial charge in [0, 0.05) is 10.9 Å². The summed E-state index contributed by atoms with van der Waals surface area (Å²) in [6.45, 7) is 7.45. The number of nitrogens with two attached hydrogens (primary N) is 1. The Morgan fingerprint density at radius 3 is 2.47 bits per heavy atom.